The molecule has 0 amide bonds. The molecule has 6 nitrogen and oxygen atoms in total. The first-order chi connectivity index (χ1) is 15.0. The molecule has 0 unspecified atom stereocenters. The van der Waals surface area contributed by atoms with Crippen LogP contribution < -0.4 is 0 Å². The number of nitrogens with zero attached hydrogens (tertiary/aromatic N) is 3. The van der Waals surface area contributed by atoms with Crippen LogP contribution in [-0.2, 0) is 16.1 Å². The van der Waals surface area contributed by atoms with Crippen LogP contribution >= 0.6 is 11.6 Å². The molecule has 0 aliphatic carbocycles. The van der Waals surface area contributed by atoms with Crippen LogP contribution in [0.3, 0.4) is 0 Å². The van der Waals surface area contributed by atoms with Crippen LogP contribution in [0.15, 0.2) is 71.2 Å². The average Bonchev–Trinajstić information content (AvgIpc) is 3.31. The van der Waals surface area contributed by atoms with E-state index in [0.29, 0.717) is 33.8 Å². The standard InChI is InChI=1S/C24H20ClN3O3/c1-16-20(23(25)28(27-16)19-11-7-4-8-12-19)13-14-22(29)30-15-21-17(2)31-24(26-21)18-9-5-3-6-10-18/h3-14H,15H2,1-2H3. The summed E-state index contributed by atoms with van der Waals surface area (Å²) in [5.41, 5.74) is 3.65. The number of ether oxygens (including phenoxy) is 1. The molecule has 0 bridgehead atoms. The molecule has 0 N–H and O–H groups in total. The Kier molecular flexibility index (Phi) is 6.00. The Hall–Kier alpha value is -3.64. The lowest BCUT2D eigenvalue weighted by Crippen LogP contribution is -2.02. The summed E-state index contributed by atoms with van der Waals surface area (Å²) in [6, 6.07) is 19.1. The van der Waals surface area contributed by atoms with Crippen molar-refractivity contribution >= 4 is 23.6 Å². The number of esters is 1. The van der Waals surface area contributed by atoms with Gasteiger partial charge in [-0.05, 0) is 44.2 Å². The van der Waals surface area contributed by atoms with E-state index in [1.807, 2.05) is 67.6 Å². The second kappa shape index (κ2) is 9.02. The van der Waals surface area contributed by atoms with Crippen molar-refractivity contribution in [3.05, 3.63) is 94.6 Å². The smallest absolute Gasteiger partial charge is 0.331 e. The van der Waals surface area contributed by atoms with Crippen LogP contribution in [0.5, 0.6) is 0 Å². The molecule has 0 radical (unpaired) electrons. The Labute approximate surface area is 184 Å². The van der Waals surface area contributed by atoms with Gasteiger partial charge in [0.1, 0.15) is 23.2 Å². The van der Waals surface area contributed by atoms with Gasteiger partial charge in [0.2, 0.25) is 5.89 Å². The molecule has 7 heteroatoms. The van der Waals surface area contributed by atoms with Gasteiger partial charge in [0.25, 0.3) is 0 Å². The first-order valence-electron chi connectivity index (χ1n) is 9.70. The number of oxazole rings is 1. The van der Waals surface area contributed by atoms with Crippen molar-refractivity contribution in [3.8, 4) is 17.1 Å². The molecule has 0 atom stereocenters. The van der Waals surface area contributed by atoms with E-state index in [0.717, 1.165) is 11.3 Å². The normalized spacial score (nSPS) is 11.2. The van der Waals surface area contributed by atoms with Gasteiger partial charge in [-0.3, -0.25) is 0 Å². The van der Waals surface area contributed by atoms with E-state index in [-0.39, 0.29) is 6.61 Å². The maximum absolute atomic E-state index is 12.2. The Bertz CT molecular complexity index is 1230. The van der Waals surface area contributed by atoms with Crippen LogP contribution in [0.1, 0.15) is 22.7 Å². The number of halogens is 1. The molecule has 0 saturated carbocycles. The third-order valence-electron chi connectivity index (χ3n) is 4.70. The number of hydrogen-bond donors (Lipinski definition) is 0. The van der Waals surface area contributed by atoms with Crippen molar-refractivity contribution in [1.29, 1.82) is 0 Å². The van der Waals surface area contributed by atoms with Crippen molar-refractivity contribution in [2.24, 2.45) is 0 Å². The van der Waals surface area contributed by atoms with E-state index >= 15 is 0 Å². The van der Waals surface area contributed by atoms with E-state index in [9.17, 15) is 4.79 Å². The molecule has 0 spiro atoms. The Balaban J connectivity index is 1.43. The maximum atomic E-state index is 12.2. The number of para-hydroxylation sites is 1. The lowest BCUT2D eigenvalue weighted by Gasteiger charge is -2.02. The monoisotopic (exact) mass is 433 g/mol. The molecule has 2 aromatic heterocycles. The SMILES string of the molecule is Cc1nn(-c2ccccc2)c(Cl)c1C=CC(=O)OCc1nc(-c2ccccc2)oc1C. The minimum absolute atomic E-state index is 0.0152. The number of aromatic nitrogens is 3. The van der Waals surface area contributed by atoms with Gasteiger partial charge < -0.3 is 9.15 Å². The van der Waals surface area contributed by atoms with Gasteiger partial charge >= 0.3 is 5.97 Å². The zero-order chi connectivity index (χ0) is 21.8. The predicted octanol–water partition coefficient (Wildman–Crippen LogP) is 5.55. The van der Waals surface area contributed by atoms with Crippen molar-refractivity contribution < 1.29 is 13.9 Å². The maximum Gasteiger partial charge on any atom is 0.331 e. The van der Waals surface area contributed by atoms with Crippen LogP contribution in [0.2, 0.25) is 5.15 Å². The summed E-state index contributed by atoms with van der Waals surface area (Å²) in [6.07, 6.45) is 2.94. The topological polar surface area (TPSA) is 70.2 Å². The van der Waals surface area contributed by atoms with Crippen LogP contribution in [0.25, 0.3) is 23.2 Å². The molecular formula is C24H20ClN3O3. The lowest BCUT2D eigenvalue weighted by atomic mass is 10.2. The zero-order valence-electron chi connectivity index (χ0n) is 17.1. The summed E-state index contributed by atoms with van der Waals surface area (Å²) in [6.45, 7) is 3.64. The van der Waals surface area contributed by atoms with Gasteiger partial charge in [-0.15, -0.1) is 0 Å². The summed E-state index contributed by atoms with van der Waals surface area (Å²) in [5, 5.41) is 4.88. The third-order valence-corrected chi connectivity index (χ3v) is 5.06. The first kappa shape index (κ1) is 20.6. The fraction of sp³-hybridized carbons (Fsp3) is 0.125. The minimum atomic E-state index is -0.508. The number of rotatable bonds is 6. The van der Waals surface area contributed by atoms with E-state index in [2.05, 4.69) is 10.1 Å². The van der Waals surface area contributed by atoms with Crippen molar-refractivity contribution in [2.75, 3.05) is 0 Å². The number of hydrogen-bond acceptors (Lipinski definition) is 5. The molecule has 4 aromatic rings. The van der Waals surface area contributed by atoms with Gasteiger partial charge in [-0.25, -0.2) is 14.5 Å². The molecule has 0 saturated heterocycles. The molecule has 0 aliphatic heterocycles. The Morgan fingerprint density at radius 3 is 2.48 bits per heavy atom. The second-order valence-corrected chi connectivity index (χ2v) is 7.22. The highest BCUT2D eigenvalue weighted by atomic mass is 35.5. The van der Waals surface area contributed by atoms with E-state index < -0.39 is 5.97 Å². The van der Waals surface area contributed by atoms with Gasteiger partial charge in [0, 0.05) is 17.2 Å². The summed E-state index contributed by atoms with van der Waals surface area (Å²) in [5.74, 6) is 0.598. The lowest BCUT2D eigenvalue weighted by molar-refractivity contribution is -0.139. The number of aryl methyl sites for hydroxylation is 2. The van der Waals surface area contributed by atoms with Crippen LogP contribution in [-0.4, -0.2) is 20.7 Å². The number of carbonyl (C=O) groups excluding carboxylic acids is 1. The van der Waals surface area contributed by atoms with Gasteiger partial charge in [0.05, 0.1) is 11.4 Å². The molecular weight excluding hydrogens is 414 g/mol. The summed E-state index contributed by atoms with van der Waals surface area (Å²) in [7, 11) is 0. The number of carbonyl (C=O) groups is 1. The van der Waals surface area contributed by atoms with E-state index in [4.69, 9.17) is 20.8 Å². The zero-order valence-corrected chi connectivity index (χ0v) is 17.8. The highest BCUT2D eigenvalue weighted by molar-refractivity contribution is 6.31. The fourth-order valence-corrected chi connectivity index (χ4v) is 3.38. The average molecular weight is 434 g/mol. The first-order valence-corrected chi connectivity index (χ1v) is 10.1. The minimum Gasteiger partial charge on any atom is -0.456 e. The molecule has 2 heterocycles. The molecule has 0 fully saturated rings. The Morgan fingerprint density at radius 1 is 1.10 bits per heavy atom. The predicted molar refractivity (Wildman–Crippen MR) is 119 cm³/mol. The van der Waals surface area contributed by atoms with Crippen LogP contribution in [0.4, 0.5) is 0 Å². The van der Waals surface area contributed by atoms with Gasteiger partial charge in [0.15, 0.2) is 0 Å². The van der Waals surface area contributed by atoms with Crippen LogP contribution in [0, 0.1) is 13.8 Å². The van der Waals surface area contributed by atoms with Crippen molar-refractivity contribution in [3.63, 3.8) is 0 Å². The van der Waals surface area contributed by atoms with Gasteiger partial charge in [-0.1, -0.05) is 48.0 Å². The third kappa shape index (κ3) is 4.59. The quantitative estimate of drug-likeness (QED) is 0.294. The largest absolute Gasteiger partial charge is 0.456 e. The Morgan fingerprint density at radius 2 is 1.77 bits per heavy atom. The van der Waals surface area contributed by atoms with Gasteiger partial charge in [-0.2, -0.15) is 5.10 Å². The molecule has 31 heavy (non-hydrogen) atoms. The van der Waals surface area contributed by atoms with E-state index in [1.54, 1.807) is 17.7 Å². The van der Waals surface area contributed by atoms with Crippen molar-refractivity contribution in [2.45, 2.75) is 20.5 Å². The molecule has 156 valence electrons. The summed E-state index contributed by atoms with van der Waals surface area (Å²) >= 11 is 6.48. The highest BCUT2D eigenvalue weighted by Gasteiger charge is 2.14. The molecule has 4 rings (SSSR count). The summed E-state index contributed by atoms with van der Waals surface area (Å²) in [4.78, 5) is 16.7. The summed E-state index contributed by atoms with van der Waals surface area (Å²) < 4.78 is 12.7. The fourth-order valence-electron chi connectivity index (χ4n) is 3.05. The highest BCUT2D eigenvalue weighted by Crippen LogP contribution is 2.25. The second-order valence-electron chi connectivity index (χ2n) is 6.87. The molecule has 2 aromatic carbocycles. The van der Waals surface area contributed by atoms with Crippen molar-refractivity contribution in [1.82, 2.24) is 14.8 Å². The molecule has 0 aliphatic rings. The number of benzene rings is 2. The van der Waals surface area contributed by atoms with E-state index in [1.165, 1.54) is 6.08 Å².